The van der Waals surface area contributed by atoms with Crippen molar-refractivity contribution in [2.24, 2.45) is 5.92 Å². The Kier molecular flexibility index (Phi) is 9.60. The van der Waals surface area contributed by atoms with Crippen LogP contribution in [0.15, 0.2) is 12.1 Å². The zero-order valence-electron chi connectivity index (χ0n) is 20.5. The maximum Gasteiger partial charge on any atom is 0.280 e. The summed E-state index contributed by atoms with van der Waals surface area (Å²) >= 11 is 5.80. The van der Waals surface area contributed by atoms with Gasteiger partial charge in [-0.25, -0.2) is 9.97 Å². The van der Waals surface area contributed by atoms with Gasteiger partial charge in [-0.3, -0.25) is 20.3 Å². The van der Waals surface area contributed by atoms with Crippen LogP contribution in [0.2, 0.25) is 5.15 Å². The minimum Gasteiger partial charge on any atom is -0.389 e. The quantitative estimate of drug-likeness (QED) is 0.158. The summed E-state index contributed by atoms with van der Waals surface area (Å²) in [5.74, 6) is -1.39. The summed E-state index contributed by atoms with van der Waals surface area (Å²) in [5.41, 5.74) is 16.4. The van der Waals surface area contributed by atoms with E-state index in [-0.39, 0.29) is 40.1 Å². The number of nitrogens with one attached hydrogen (secondary N) is 3. The number of aliphatic hydroxyl groups excluding tert-OH is 1. The lowest BCUT2D eigenvalue weighted by molar-refractivity contribution is -0.125. The standard InChI is InChI=1S/C25H34ClN7O3/c1-14(19(35)13-34)12-16-10-9-15(17-7-2-3-8-18(16)17)6-4-5-11-30-25(29)33-24(36)20-22(27)32-23(28)21(26)31-20/h9-10,14,34H,2-8,11-13H2,1H3,(H4,27,28,32)(H3,29,30,33,36)/t14-/m0/s1. The summed E-state index contributed by atoms with van der Waals surface area (Å²) in [6.45, 7) is 1.99. The van der Waals surface area contributed by atoms with Gasteiger partial charge in [-0.2, -0.15) is 0 Å². The number of nitrogen functional groups attached to an aromatic ring is 2. The molecule has 0 bridgehead atoms. The fraction of sp³-hybridized carbons (Fsp3) is 0.480. The number of aryl methyl sites for hydroxylation is 1. The number of amides is 1. The molecule has 11 heteroatoms. The Labute approximate surface area is 215 Å². The highest BCUT2D eigenvalue weighted by Gasteiger charge is 2.20. The molecule has 0 saturated heterocycles. The molecule has 1 aromatic carbocycles. The first-order chi connectivity index (χ1) is 17.2. The number of nitrogens with two attached hydrogens (primary N) is 2. The van der Waals surface area contributed by atoms with Crippen molar-refractivity contribution < 1.29 is 14.7 Å². The maximum atomic E-state index is 12.3. The van der Waals surface area contributed by atoms with E-state index in [4.69, 9.17) is 33.6 Å². The summed E-state index contributed by atoms with van der Waals surface area (Å²) in [4.78, 5) is 31.7. The van der Waals surface area contributed by atoms with Gasteiger partial charge < -0.3 is 21.9 Å². The number of nitrogens with zero attached hydrogens (tertiary/aromatic N) is 2. The second-order valence-corrected chi connectivity index (χ2v) is 9.48. The van der Waals surface area contributed by atoms with Gasteiger partial charge in [-0.1, -0.05) is 30.7 Å². The number of hydrogen-bond donors (Lipinski definition) is 6. The Morgan fingerprint density at radius 2 is 1.78 bits per heavy atom. The number of hydrogen-bond acceptors (Lipinski definition) is 8. The van der Waals surface area contributed by atoms with Crippen molar-refractivity contribution in [1.82, 2.24) is 20.6 Å². The predicted molar refractivity (Wildman–Crippen MR) is 140 cm³/mol. The van der Waals surface area contributed by atoms with Crippen LogP contribution in [-0.2, 0) is 30.5 Å². The Morgan fingerprint density at radius 3 is 2.47 bits per heavy atom. The molecule has 1 aromatic heterocycles. The number of ketones is 1. The van der Waals surface area contributed by atoms with E-state index >= 15 is 0 Å². The molecule has 10 nitrogen and oxygen atoms in total. The van der Waals surface area contributed by atoms with Gasteiger partial charge in [0.2, 0.25) is 0 Å². The van der Waals surface area contributed by atoms with E-state index in [1.807, 2.05) is 6.92 Å². The average Bonchev–Trinajstić information content (AvgIpc) is 2.86. The smallest absolute Gasteiger partial charge is 0.280 e. The maximum absolute atomic E-state index is 12.3. The van der Waals surface area contributed by atoms with Crippen molar-refractivity contribution in [3.63, 3.8) is 0 Å². The Hall–Kier alpha value is -3.24. The van der Waals surface area contributed by atoms with Crippen molar-refractivity contribution in [2.45, 2.75) is 58.3 Å². The first-order valence-corrected chi connectivity index (χ1v) is 12.6. The molecular formula is C25H34ClN7O3. The number of Topliss-reactive ketones (excluding diaryl/α,β-unsaturated/α-hetero) is 1. The van der Waals surface area contributed by atoms with Crippen LogP contribution in [0.5, 0.6) is 0 Å². The third kappa shape index (κ3) is 6.92. The van der Waals surface area contributed by atoms with Gasteiger partial charge in [0.25, 0.3) is 5.91 Å². The summed E-state index contributed by atoms with van der Waals surface area (Å²) in [5, 5.41) is 22.2. The second kappa shape index (κ2) is 12.6. The average molecular weight is 516 g/mol. The lowest BCUT2D eigenvalue weighted by Crippen LogP contribution is -2.41. The number of halogens is 1. The first-order valence-electron chi connectivity index (χ1n) is 12.2. The van der Waals surface area contributed by atoms with Crippen LogP contribution in [-0.4, -0.2) is 45.9 Å². The van der Waals surface area contributed by atoms with Gasteiger partial charge in [-0.05, 0) is 73.6 Å². The summed E-state index contributed by atoms with van der Waals surface area (Å²) < 4.78 is 0. The van der Waals surface area contributed by atoms with Crippen LogP contribution in [0.1, 0.15) is 65.3 Å². The van der Waals surface area contributed by atoms with Gasteiger partial charge >= 0.3 is 0 Å². The topological polar surface area (TPSA) is 180 Å². The summed E-state index contributed by atoms with van der Waals surface area (Å²) in [6.07, 6.45) is 7.73. The fourth-order valence-corrected chi connectivity index (χ4v) is 4.65. The molecule has 0 radical (unpaired) electrons. The molecule has 1 atom stereocenters. The summed E-state index contributed by atoms with van der Waals surface area (Å²) in [6, 6.07) is 4.32. The van der Waals surface area contributed by atoms with Gasteiger partial charge in [0.05, 0.1) is 0 Å². The third-order valence-electron chi connectivity index (χ3n) is 6.49. The van der Waals surface area contributed by atoms with E-state index in [0.717, 1.165) is 38.5 Å². The molecule has 2 aromatic rings. The number of aromatic nitrogens is 2. The van der Waals surface area contributed by atoms with Crippen LogP contribution in [0, 0.1) is 11.3 Å². The molecule has 194 valence electrons. The number of unbranched alkanes of at least 4 members (excludes halogenated alkanes) is 1. The van der Waals surface area contributed by atoms with Crippen LogP contribution >= 0.6 is 11.6 Å². The molecule has 0 aliphatic heterocycles. The highest BCUT2D eigenvalue weighted by molar-refractivity contribution is 6.31. The molecule has 0 saturated carbocycles. The minimum atomic E-state index is -0.693. The van der Waals surface area contributed by atoms with Gasteiger partial charge in [-0.15, -0.1) is 0 Å². The van der Waals surface area contributed by atoms with E-state index in [0.29, 0.717) is 13.0 Å². The lowest BCUT2D eigenvalue weighted by atomic mass is 9.81. The number of carbonyl (C=O) groups excluding carboxylic acids is 2. The van der Waals surface area contributed by atoms with Crippen LogP contribution in [0.3, 0.4) is 0 Å². The van der Waals surface area contributed by atoms with E-state index in [2.05, 4.69) is 32.7 Å². The molecule has 1 aliphatic carbocycles. The van der Waals surface area contributed by atoms with E-state index in [9.17, 15) is 9.59 Å². The highest BCUT2D eigenvalue weighted by Crippen LogP contribution is 2.30. The van der Waals surface area contributed by atoms with Crippen molar-refractivity contribution in [1.29, 1.82) is 5.41 Å². The van der Waals surface area contributed by atoms with E-state index in [1.165, 1.54) is 28.7 Å². The molecular weight excluding hydrogens is 482 g/mol. The van der Waals surface area contributed by atoms with Crippen molar-refractivity contribution >= 4 is 40.9 Å². The number of benzene rings is 1. The fourth-order valence-electron chi connectivity index (χ4n) is 4.52. The lowest BCUT2D eigenvalue weighted by Gasteiger charge is -2.24. The molecule has 1 amide bonds. The largest absolute Gasteiger partial charge is 0.389 e. The van der Waals surface area contributed by atoms with Crippen LogP contribution in [0.4, 0.5) is 11.6 Å². The van der Waals surface area contributed by atoms with E-state index in [1.54, 1.807) is 0 Å². The zero-order valence-corrected chi connectivity index (χ0v) is 21.2. The highest BCUT2D eigenvalue weighted by atomic mass is 35.5. The molecule has 0 fully saturated rings. The predicted octanol–water partition coefficient (Wildman–Crippen LogP) is 2.19. The minimum absolute atomic E-state index is 0.0684. The Balaban J connectivity index is 1.49. The molecule has 0 unspecified atom stereocenters. The molecule has 8 N–H and O–H groups in total. The Morgan fingerprint density at radius 1 is 1.11 bits per heavy atom. The van der Waals surface area contributed by atoms with Crippen molar-refractivity contribution in [2.75, 3.05) is 24.6 Å². The number of fused-ring (bicyclic) bond motifs is 1. The zero-order chi connectivity index (χ0) is 26.2. The Bertz CT molecular complexity index is 1140. The molecule has 1 heterocycles. The van der Waals surface area contributed by atoms with Gasteiger partial charge in [0, 0.05) is 12.5 Å². The van der Waals surface area contributed by atoms with Crippen molar-refractivity contribution in [3.05, 3.63) is 45.2 Å². The van der Waals surface area contributed by atoms with Gasteiger partial charge in [0.1, 0.15) is 6.61 Å². The van der Waals surface area contributed by atoms with Gasteiger partial charge in [0.15, 0.2) is 34.2 Å². The van der Waals surface area contributed by atoms with Crippen LogP contribution < -0.4 is 22.1 Å². The molecule has 0 spiro atoms. The molecule has 36 heavy (non-hydrogen) atoms. The summed E-state index contributed by atoms with van der Waals surface area (Å²) in [7, 11) is 0. The van der Waals surface area contributed by atoms with Crippen molar-refractivity contribution in [3.8, 4) is 0 Å². The monoisotopic (exact) mass is 515 g/mol. The van der Waals surface area contributed by atoms with Crippen LogP contribution in [0.25, 0.3) is 0 Å². The third-order valence-corrected chi connectivity index (χ3v) is 6.77. The number of guanidine groups is 1. The molecule has 3 rings (SSSR count). The number of carbonyl (C=O) groups is 2. The van der Waals surface area contributed by atoms with E-state index < -0.39 is 12.5 Å². The molecule has 1 aliphatic rings. The number of aliphatic hydroxyl groups is 1. The SMILES string of the molecule is C[C@@H](Cc1ccc(CCCCNC(=N)NC(=O)c2nc(Cl)c(N)nc2N)c2c1CCCC2)C(=O)CO. The first kappa shape index (κ1) is 27.3. The number of anilines is 2. The normalized spacial score (nSPS) is 13.5. The second-order valence-electron chi connectivity index (χ2n) is 9.12. The number of rotatable bonds is 10.